The van der Waals surface area contributed by atoms with Gasteiger partial charge >= 0.3 is 6.03 Å². The van der Waals surface area contributed by atoms with E-state index in [1.54, 1.807) is 29.3 Å². The molecule has 0 aliphatic carbocycles. The maximum Gasteiger partial charge on any atom is 0.322 e. The summed E-state index contributed by atoms with van der Waals surface area (Å²) in [6.45, 7) is 1.09. The molecule has 4 heterocycles. The molecule has 3 aromatic heterocycles. The van der Waals surface area contributed by atoms with Crippen molar-refractivity contribution in [2.24, 2.45) is 0 Å². The lowest BCUT2D eigenvalue weighted by Gasteiger charge is -2.25. The minimum atomic E-state index is -0.288. The fourth-order valence-electron chi connectivity index (χ4n) is 2.61. The van der Waals surface area contributed by atoms with Gasteiger partial charge in [-0.1, -0.05) is 17.4 Å². The Kier molecular flexibility index (Phi) is 4.63. The number of pyridine rings is 1. The van der Waals surface area contributed by atoms with E-state index in [9.17, 15) is 9.59 Å². The summed E-state index contributed by atoms with van der Waals surface area (Å²) in [5.41, 5.74) is 1.28. The molecular formula is C17H15N5O2S2. The number of anilines is 2. The lowest BCUT2D eigenvalue weighted by Crippen LogP contribution is -2.38. The predicted molar refractivity (Wildman–Crippen MR) is 102 cm³/mol. The van der Waals surface area contributed by atoms with Gasteiger partial charge in [-0.2, -0.15) is 0 Å². The van der Waals surface area contributed by atoms with Crippen molar-refractivity contribution >= 4 is 44.7 Å². The van der Waals surface area contributed by atoms with Crippen molar-refractivity contribution < 1.29 is 9.59 Å². The van der Waals surface area contributed by atoms with Crippen LogP contribution in [0.5, 0.6) is 0 Å². The number of carbonyl (C=O) groups excluding carboxylic acids is 2. The Balaban J connectivity index is 1.42. The van der Waals surface area contributed by atoms with Crippen LogP contribution in [0, 0.1) is 0 Å². The lowest BCUT2D eigenvalue weighted by atomic mass is 10.2. The molecule has 0 saturated heterocycles. The topological polar surface area (TPSA) is 87.2 Å². The number of rotatable bonds is 3. The van der Waals surface area contributed by atoms with Gasteiger partial charge in [0.05, 0.1) is 17.2 Å². The van der Waals surface area contributed by atoms with Crippen molar-refractivity contribution in [3.8, 4) is 0 Å². The summed E-state index contributed by atoms with van der Waals surface area (Å²) >= 11 is 2.89. The zero-order valence-corrected chi connectivity index (χ0v) is 15.3. The lowest BCUT2D eigenvalue weighted by molar-refractivity contribution is 0.102. The fourth-order valence-corrected chi connectivity index (χ4v) is 4.24. The van der Waals surface area contributed by atoms with Crippen molar-refractivity contribution in [1.82, 2.24) is 14.9 Å². The van der Waals surface area contributed by atoms with Crippen LogP contribution in [0.25, 0.3) is 0 Å². The van der Waals surface area contributed by atoms with Crippen LogP contribution in [0.15, 0.2) is 41.9 Å². The average molecular weight is 385 g/mol. The largest absolute Gasteiger partial charge is 0.322 e. The molecule has 0 spiro atoms. The standard InChI is InChI=1S/C17H15N5O2S2/c23-15(12-4-1-2-7-18-12)21-16-19-11-6-8-22(10-13(11)26-16)17(24)20-14-5-3-9-25-14/h1-5,7,9H,6,8,10H2,(H,20,24)(H,19,21,23). The Morgan fingerprint density at radius 3 is 2.85 bits per heavy atom. The molecule has 0 atom stereocenters. The SMILES string of the molecule is O=C(Nc1nc2c(s1)CN(C(=O)Nc1cccs1)CC2)c1ccccn1. The minimum Gasteiger partial charge on any atom is -0.319 e. The first-order valence-electron chi connectivity index (χ1n) is 7.99. The number of hydrogen-bond acceptors (Lipinski definition) is 6. The molecule has 4 rings (SSSR count). The number of thiazole rings is 1. The van der Waals surface area contributed by atoms with E-state index in [1.165, 1.54) is 22.7 Å². The summed E-state index contributed by atoms with van der Waals surface area (Å²) in [5, 5.41) is 8.96. The number of hydrogen-bond donors (Lipinski definition) is 2. The van der Waals surface area contributed by atoms with Crippen LogP contribution in [0.3, 0.4) is 0 Å². The molecule has 132 valence electrons. The number of amides is 3. The van der Waals surface area contributed by atoms with E-state index in [0.717, 1.165) is 15.6 Å². The van der Waals surface area contributed by atoms with E-state index in [-0.39, 0.29) is 11.9 Å². The van der Waals surface area contributed by atoms with Crippen molar-refractivity contribution in [3.05, 3.63) is 58.2 Å². The molecule has 0 aromatic carbocycles. The maximum atomic E-state index is 12.4. The molecule has 9 heteroatoms. The summed E-state index contributed by atoms with van der Waals surface area (Å²) in [4.78, 5) is 35.8. The van der Waals surface area contributed by atoms with E-state index in [0.29, 0.717) is 30.3 Å². The summed E-state index contributed by atoms with van der Waals surface area (Å²) in [7, 11) is 0. The normalized spacial score (nSPS) is 13.2. The molecule has 0 unspecified atom stereocenters. The molecule has 1 aliphatic rings. The van der Waals surface area contributed by atoms with Gasteiger partial charge in [-0.15, -0.1) is 11.3 Å². The molecule has 3 amide bonds. The van der Waals surface area contributed by atoms with Crippen LogP contribution in [-0.2, 0) is 13.0 Å². The molecule has 2 N–H and O–H groups in total. The van der Waals surface area contributed by atoms with Gasteiger partial charge in [-0.3, -0.25) is 20.4 Å². The van der Waals surface area contributed by atoms with Gasteiger partial charge < -0.3 is 4.90 Å². The van der Waals surface area contributed by atoms with Gasteiger partial charge in [-0.05, 0) is 29.6 Å². The van der Waals surface area contributed by atoms with Crippen LogP contribution < -0.4 is 10.6 Å². The summed E-state index contributed by atoms with van der Waals surface area (Å²) in [6.07, 6.45) is 2.25. The number of fused-ring (bicyclic) bond motifs is 1. The van der Waals surface area contributed by atoms with Crippen LogP contribution in [0.4, 0.5) is 14.9 Å². The zero-order chi connectivity index (χ0) is 17.9. The van der Waals surface area contributed by atoms with Crippen molar-refractivity contribution in [3.63, 3.8) is 0 Å². The average Bonchev–Trinajstić information content (AvgIpc) is 3.30. The third-order valence-corrected chi connectivity index (χ3v) is 5.67. The first kappa shape index (κ1) is 16.7. The van der Waals surface area contributed by atoms with Crippen molar-refractivity contribution in [2.75, 3.05) is 17.2 Å². The van der Waals surface area contributed by atoms with E-state index >= 15 is 0 Å². The number of thiophene rings is 1. The minimum absolute atomic E-state index is 0.120. The Morgan fingerprint density at radius 1 is 1.15 bits per heavy atom. The van der Waals surface area contributed by atoms with Gasteiger partial charge in [0.2, 0.25) is 0 Å². The highest BCUT2D eigenvalue weighted by atomic mass is 32.1. The molecule has 0 radical (unpaired) electrons. The van der Waals surface area contributed by atoms with Crippen LogP contribution in [0.2, 0.25) is 0 Å². The van der Waals surface area contributed by atoms with Gasteiger partial charge in [0.15, 0.2) is 5.13 Å². The van der Waals surface area contributed by atoms with E-state index in [1.807, 2.05) is 17.5 Å². The fraction of sp³-hybridized carbons (Fsp3) is 0.176. The monoisotopic (exact) mass is 385 g/mol. The van der Waals surface area contributed by atoms with Gasteiger partial charge in [-0.25, -0.2) is 9.78 Å². The highest BCUT2D eigenvalue weighted by molar-refractivity contribution is 7.16. The van der Waals surface area contributed by atoms with Crippen LogP contribution >= 0.6 is 22.7 Å². The number of nitrogens with one attached hydrogen (secondary N) is 2. The predicted octanol–water partition coefficient (Wildman–Crippen LogP) is 3.44. The third kappa shape index (κ3) is 3.58. The number of urea groups is 1. The first-order valence-corrected chi connectivity index (χ1v) is 9.69. The Morgan fingerprint density at radius 2 is 2.08 bits per heavy atom. The Labute approximate surface area is 157 Å². The Bertz CT molecular complexity index is 924. The molecule has 26 heavy (non-hydrogen) atoms. The summed E-state index contributed by atoms with van der Waals surface area (Å²) in [5.74, 6) is -0.288. The zero-order valence-electron chi connectivity index (χ0n) is 13.6. The quantitative estimate of drug-likeness (QED) is 0.723. The van der Waals surface area contributed by atoms with Gasteiger partial charge in [0, 0.05) is 24.0 Å². The second-order valence-electron chi connectivity index (χ2n) is 5.64. The van der Waals surface area contributed by atoms with Crippen molar-refractivity contribution in [1.29, 1.82) is 0 Å². The summed E-state index contributed by atoms with van der Waals surface area (Å²) in [6, 6.07) is 8.82. The van der Waals surface area contributed by atoms with E-state index in [4.69, 9.17) is 0 Å². The number of nitrogens with zero attached hydrogens (tertiary/aromatic N) is 3. The summed E-state index contributed by atoms with van der Waals surface area (Å²) < 4.78 is 0. The first-order chi connectivity index (χ1) is 12.7. The van der Waals surface area contributed by atoms with Crippen LogP contribution in [0.1, 0.15) is 21.1 Å². The third-order valence-electron chi connectivity index (χ3n) is 3.89. The van der Waals surface area contributed by atoms with Gasteiger partial charge in [0.25, 0.3) is 5.91 Å². The maximum absolute atomic E-state index is 12.4. The second kappa shape index (κ2) is 7.22. The van der Waals surface area contributed by atoms with Gasteiger partial charge in [0.1, 0.15) is 5.69 Å². The van der Waals surface area contributed by atoms with E-state index < -0.39 is 0 Å². The second-order valence-corrected chi connectivity index (χ2v) is 7.67. The molecular weight excluding hydrogens is 370 g/mol. The highest BCUT2D eigenvalue weighted by Crippen LogP contribution is 2.29. The Hall–Kier alpha value is -2.78. The number of aromatic nitrogens is 2. The molecule has 0 bridgehead atoms. The molecule has 0 fully saturated rings. The van der Waals surface area contributed by atoms with Crippen LogP contribution in [-0.4, -0.2) is 33.4 Å². The molecule has 7 nitrogen and oxygen atoms in total. The smallest absolute Gasteiger partial charge is 0.319 e. The molecule has 3 aromatic rings. The molecule has 1 aliphatic heterocycles. The van der Waals surface area contributed by atoms with Crippen molar-refractivity contribution in [2.45, 2.75) is 13.0 Å². The molecule has 0 saturated carbocycles. The highest BCUT2D eigenvalue weighted by Gasteiger charge is 2.25. The van der Waals surface area contributed by atoms with E-state index in [2.05, 4.69) is 20.6 Å². The number of carbonyl (C=O) groups is 2.